The second kappa shape index (κ2) is 16.9. The third-order valence-electron chi connectivity index (χ3n) is 8.32. The van der Waals surface area contributed by atoms with Crippen LogP contribution in [0.4, 0.5) is 17.9 Å². The molecule has 13 heteroatoms. The van der Waals surface area contributed by atoms with Gasteiger partial charge in [0.1, 0.15) is 29.9 Å². The number of fused-ring (bicyclic) bond motifs is 1. The first-order valence-corrected chi connectivity index (χ1v) is 15.9. The summed E-state index contributed by atoms with van der Waals surface area (Å²) in [5.41, 5.74) is 2.35. The van der Waals surface area contributed by atoms with Crippen LogP contribution in [-0.4, -0.2) is 49.0 Å². The van der Waals surface area contributed by atoms with Crippen molar-refractivity contribution in [1.29, 1.82) is 0 Å². The standard InChI is InChI=1S/C35H31F3N4O4.C2H6.FH.H3N/c1-20-8-9-23(27(36)13-20)19-46-34-7-3-6-30(40-34)26-17-28(37)24(14-29(26)38)16-33-39-31-11-10-22(35(44)45)15-32(31)42(33)18-25-5-4-12-41(25)21(2)43;1-2;;/h3,6-11,13-15,17,25H,4-5,12,16,18-19H2,1-2H3,(H,44,45);1-2H3;1H;1H3/t25-;;;/m1.../s1. The minimum Gasteiger partial charge on any atom is -0.478 e. The van der Waals surface area contributed by atoms with Crippen molar-refractivity contribution >= 4 is 22.9 Å². The van der Waals surface area contributed by atoms with Gasteiger partial charge in [0.25, 0.3) is 0 Å². The predicted molar refractivity (Wildman–Crippen MR) is 184 cm³/mol. The molecular formula is C37H41F4N5O4. The first-order valence-electron chi connectivity index (χ1n) is 15.9. The van der Waals surface area contributed by atoms with E-state index in [4.69, 9.17) is 4.74 Å². The Morgan fingerprint density at radius 1 is 0.940 bits per heavy atom. The predicted octanol–water partition coefficient (Wildman–Crippen LogP) is 8.04. The number of halogens is 4. The lowest BCUT2D eigenvalue weighted by molar-refractivity contribution is -0.129. The van der Waals surface area contributed by atoms with Crippen LogP contribution in [0.15, 0.2) is 66.7 Å². The molecule has 1 fully saturated rings. The molecular weight excluding hydrogens is 654 g/mol. The summed E-state index contributed by atoms with van der Waals surface area (Å²) in [5.74, 6) is -2.42. The quantitative estimate of drug-likeness (QED) is 0.149. The summed E-state index contributed by atoms with van der Waals surface area (Å²) in [7, 11) is 0. The Morgan fingerprint density at radius 2 is 1.68 bits per heavy atom. The number of benzene rings is 3. The number of ether oxygens (including phenoxy) is 1. The fourth-order valence-corrected chi connectivity index (χ4v) is 5.95. The van der Waals surface area contributed by atoms with Gasteiger partial charge in [-0.1, -0.05) is 32.0 Å². The van der Waals surface area contributed by atoms with E-state index >= 15 is 8.78 Å². The highest BCUT2D eigenvalue weighted by atomic mass is 19.1. The number of pyridine rings is 1. The summed E-state index contributed by atoms with van der Waals surface area (Å²) in [6.07, 6.45) is 1.51. The third kappa shape index (κ3) is 8.46. The van der Waals surface area contributed by atoms with Crippen molar-refractivity contribution in [3.8, 4) is 17.1 Å². The summed E-state index contributed by atoms with van der Waals surface area (Å²) in [5, 5.41) is 9.58. The zero-order chi connectivity index (χ0) is 34.5. The number of likely N-dealkylation sites (tertiary alicyclic amines) is 1. The van der Waals surface area contributed by atoms with Crippen LogP contribution in [0.3, 0.4) is 0 Å². The fraction of sp³-hybridized carbons (Fsp3) is 0.297. The summed E-state index contributed by atoms with van der Waals surface area (Å²) >= 11 is 0. The maximum atomic E-state index is 15.6. The lowest BCUT2D eigenvalue weighted by atomic mass is 10.0. The highest BCUT2D eigenvalue weighted by molar-refractivity contribution is 5.92. The molecule has 1 atom stereocenters. The SMILES string of the molecule is CC.CC(=O)N1CCC[C@@H]1Cn1c(Cc2cc(F)c(-c3cccc(OCc4ccc(C)cc4F)n3)cc2F)nc2ccc(C(=O)O)cc21.F.N. The number of hydrogen-bond donors (Lipinski definition) is 2. The summed E-state index contributed by atoms with van der Waals surface area (Å²) in [6, 6.07) is 16.0. The number of carbonyl (C=O) groups is 2. The van der Waals surface area contributed by atoms with Crippen molar-refractivity contribution in [2.45, 2.75) is 66.2 Å². The van der Waals surface area contributed by atoms with Crippen molar-refractivity contribution in [1.82, 2.24) is 25.6 Å². The summed E-state index contributed by atoms with van der Waals surface area (Å²) in [4.78, 5) is 34.7. The van der Waals surface area contributed by atoms with Crippen molar-refractivity contribution in [3.05, 3.63) is 112 Å². The van der Waals surface area contributed by atoms with Crippen molar-refractivity contribution in [2.24, 2.45) is 0 Å². The van der Waals surface area contributed by atoms with Crippen LogP contribution in [0.25, 0.3) is 22.3 Å². The van der Waals surface area contributed by atoms with Gasteiger partial charge in [-0.25, -0.2) is 27.9 Å². The lowest BCUT2D eigenvalue weighted by Gasteiger charge is -2.25. The number of carboxylic acids is 1. The highest BCUT2D eigenvalue weighted by Crippen LogP contribution is 2.29. The number of aromatic carboxylic acids is 1. The van der Waals surface area contributed by atoms with E-state index in [1.54, 1.807) is 46.7 Å². The molecule has 1 amide bonds. The van der Waals surface area contributed by atoms with Crippen LogP contribution in [0.1, 0.15) is 66.5 Å². The molecule has 0 bridgehead atoms. The zero-order valence-corrected chi connectivity index (χ0v) is 28.4. The average molecular weight is 696 g/mol. The number of carboxylic acid groups (broad SMARTS) is 1. The highest BCUT2D eigenvalue weighted by Gasteiger charge is 2.28. The minimum absolute atomic E-state index is 0. The van der Waals surface area contributed by atoms with Crippen LogP contribution in [-0.2, 0) is 24.4 Å². The van der Waals surface area contributed by atoms with Crippen LogP contribution >= 0.6 is 0 Å². The molecule has 9 nitrogen and oxygen atoms in total. The van der Waals surface area contributed by atoms with Gasteiger partial charge in [-0.3, -0.25) is 9.50 Å². The van der Waals surface area contributed by atoms with Crippen molar-refractivity contribution in [2.75, 3.05) is 6.54 Å². The van der Waals surface area contributed by atoms with Crippen molar-refractivity contribution in [3.63, 3.8) is 0 Å². The second-order valence-corrected chi connectivity index (χ2v) is 11.5. The molecule has 4 N–H and O–H groups in total. The molecule has 2 aromatic heterocycles. The largest absolute Gasteiger partial charge is 0.478 e. The van der Waals surface area contributed by atoms with Crippen LogP contribution in [0.2, 0.25) is 0 Å². The second-order valence-electron chi connectivity index (χ2n) is 11.5. The van der Waals surface area contributed by atoms with Crippen LogP contribution in [0, 0.1) is 24.4 Å². The monoisotopic (exact) mass is 695 g/mol. The molecule has 1 saturated heterocycles. The molecule has 1 aliphatic rings. The Hall–Kier alpha value is -5.30. The number of amides is 1. The van der Waals surface area contributed by atoms with E-state index in [2.05, 4.69) is 9.97 Å². The molecule has 3 aromatic carbocycles. The van der Waals surface area contributed by atoms with E-state index in [9.17, 15) is 19.1 Å². The van der Waals surface area contributed by atoms with E-state index in [-0.39, 0.29) is 64.1 Å². The Balaban J connectivity index is 0.00000166. The molecule has 0 radical (unpaired) electrons. The normalized spacial score (nSPS) is 13.6. The number of imidazole rings is 1. The minimum atomic E-state index is -1.10. The number of rotatable bonds is 9. The van der Waals surface area contributed by atoms with Crippen LogP contribution in [0.5, 0.6) is 5.88 Å². The number of hydrogen-bond acceptors (Lipinski definition) is 6. The van der Waals surface area contributed by atoms with Gasteiger partial charge in [-0.2, -0.15) is 0 Å². The van der Waals surface area contributed by atoms with Gasteiger partial charge in [-0.05, 0) is 73.4 Å². The maximum absolute atomic E-state index is 15.6. The van der Waals surface area contributed by atoms with Gasteiger partial charge < -0.3 is 25.5 Å². The molecule has 50 heavy (non-hydrogen) atoms. The smallest absolute Gasteiger partial charge is 0.335 e. The third-order valence-corrected chi connectivity index (χ3v) is 8.32. The molecule has 0 unspecified atom stereocenters. The molecule has 1 aliphatic heterocycles. The molecule has 5 aromatic rings. The zero-order valence-electron chi connectivity index (χ0n) is 28.4. The lowest BCUT2D eigenvalue weighted by Crippen LogP contribution is -2.36. The number of carbonyl (C=O) groups excluding carboxylic acids is 1. The van der Waals surface area contributed by atoms with Gasteiger partial charge in [0.2, 0.25) is 11.8 Å². The number of nitrogens with zero attached hydrogens (tertiary/aromatic N) is 4. The Morgan fingerprint density at radius 3 is 2.38 bits per heavy atom. The summed E-state index contributed by atoms with van der Waals surface area (Å²) < 4.78 is 52.9. The first-order chi connectivity index (χ1) is 23.1. The van der Waals surface area contributed by atoms with Gasteiger partial charge >= 0.3 is 5.97 Å². The fourth-order valence-electron chi connectivity index (χ4n) is 5.95. The van der Waals surface area contributed by atoms with E-state index in [0.717, 1.165) is 30.5 Å². The Labute approximate surface area is 287 Å². The molecule has 266 valence electrons. The first kappa shape index (κ1) is 39.1. The van der Waals surface area contributed by atoms with E-state index in [1.165, 1.54) is 31.2 Å². The summed E-state index contributed by atoms with van der Waals surface area (Å²) in [6.45, 7) is 8.16. The molecule has 0 aliphatic carbocycles. The van der Waals surface area contributed by atoms with Gasteiger partial charge in [-0.15, -0.1) is 0 Å². The Bertz CT molecular complexity index is 1980. The molecule has 0 spiro atoms. The van der Waals surface area contributed by atoms with E-state index in [1.807, 2.05) is 13.8 Å². The van der Waals surface area contributed by atoms with Gasteiger partial charge in [0.15, 0.2) is 0 Å². The average Bonchev–Trinajstić information content (AvgIpc) is 3.68. The molecule has 6 rings (SSSR count). The van der Waals surface area contributed by atoms with E-state index < -0.39 is 23.4 Å². The van der Waals surface area contributed by atoms with Gasteiger partial charge in [0, 0.05) is 49.7 Å². The Kier molecular flexibility index (Phi) is 13.2. The number of aromatic nitrogens is 3. The topological polar surface area (TPSA) is 133 Å². The van der Waals surface area contributed by atoms with E-state index in [0.29, 0.717) is 35.5 Å². The number of aryl methyl sites for hydroxylation is 1. The maximum Gasteiger partial charge on any atom is 0.335 e. The van der Waals surface area contributed by atoms with Gasteiger partial charge in [0.05, 0.1) is 22.3 Å². The van der Waals surface area contributed by atoms with Crippen LogP contribution < -0.4 is 10.9 Å². The van der Waals surface area contributed by atoms with Crippen molar-refractivity contribution < 1.29 is 37.3 Å². The molecule has 0 saturated carbocycles. The molecule has 3 heterocycles.